The van der Waals surface area contributed by atoms with Gasteiger partial charge in [0, 0.05) is 5.88 Å². The van der Waals surface area contributed by atoms with Gasteiger partial charge in [-0.1, -0.05) is 12.1 Å². The van der Waals surface area contributed by atoms with Crippen LogP contribution in [0.1, 0.15) is 12.5 Å². The van der Waals surface area contributed by atoms with Crippen LogP contribution in [0, 0.1) is 11.3 Å². The van der Waals surface area contributed by atoms with Crippen molar-refractivity contribution in [3.8, 4) is 11.8 Å². The number of hydrogen-bond donors (Lipinski definition) is 0. The molecular weight excluding hydrogens is 186 g/mol. The first-order valence-electron chi connectivity index (χ1n) is 3.97. The third-order valence-electron chi connectivity index (χ3n) is 1.57. The minimum atomic E-state index is -0.415. The van der Waals surface area contributed by atoms with Crippen molar-refractivity contribution in [2.24, 2.45) is 0 Å². The third-order valence-corrected chi connectivity index (χ3v) is 1.88. The Bertz CT molecular complexity index is 302. The molecule has 0 amide bonds. The van der Waals surface area contributed by atoms with E-state index >= 15 is 0 Å². The van der Waals surface area contributed by atoms with Crippen LogP contribution in [0.4, 0.5) is 0 Å². The van der Waals surface area contributed by atoms with Gasteiger partial charge >= 0.3 is 0 Å². The number of nitriles is 1. The summed E-state index contributed by atoms with van der Waals surface area (Å²) in [5, 5.41) is 8.50. The summed E-state index contributed by atoms with van der Waals surface area (Å²) in [6, 6.07) is 9.38. The number of ether oxygens (including phenoxy) is 1. The molecule has 68 valence electrons. The topological polar surface area (TPSA) is 33.0 Å². The van der Waals surface area contributed by atoms with Crippen LogP contribution < -0.4 is 4.74 Å². The Hall–Kier alpha value is -1.20. The molecule has 0 aliphatic rings. The van der Waals surface area contributed by atoms with Crippen LogP contribution in [0.3, 0.4) is 0 Å². The number of rotatable bonds is 3. The fourth-order valence-electron chi connectivity index (χ4n) is 0.888. The van der Waals surface area contributed by atoms with E-state index in [9.17, 15) is 0 Å². The predicted octanol–water partition coefficient (Wildman–Crippen LogP) is 2.72. The van der Waals surface area contributed by atoms with Crippen LogP contribution in [-0.4, -0.2) is 6.10 Å². The van der Waals surface area contributed by atoms with Crippen LogP contribution in [0.5, 0.6) is 5.75 Å². The molecule has 13 heavy (non-hydrogen) atoms. The highest BCUT2D eigenvalue weighted by molar-refractivity contribution is 6.17. The highest BCUT2D eigenvalue weighted by atomic mass is 35.5. The summed E-state index contributed by atoms with van der Waals surface area (Å²) >= 11 is 5.62. The van der Waals surface area contributed by atoms with E-state index in [2.05, 4.69) is 0 Å². The minimum absolute atomic E-state index is 0.415. The maximum absolute atomic E-state index is 8.50. The molecule has 0 radical (unpaired) electrons. The molecule has 0 aliphatic carbocycles. The van der Waals surface area contributed by atoms with Crippen molar-refractivity contribution >= 4 is 11.6 Å². The van der Waals surface area contributed by atoms with Gasteiger partial charge in [0.2, 0.25) is 0 Å². The van der Waals surface area contributed by atoms with E-state index in [0.29, 0.717) is 11.6 Å². The molecule has 1 unspecified atom stereocenters. The monoisotopic (exact) mass is 195 g/mol. The van der Waals surface area contributed by atoms with Gasteiger partial charge in [-0.2, -0.15) is 5.26 Å². The molecule has 2 nitrogen and oxygen atoms in total. The molecule has 1 aromatic carbocycles. The van der Waals surface area contributed by atoms with Crippen molar-refractivity contribution in [3.05, 3.63) is 29.8 Å². The Morgan fingerprint density at radius 1 is 1.46 bits per heavy atom. The molecule has 1 rings (SSSR count). The second-order valence-corrected chi connectivity index (χ2v) is 2.93. The average Bonchev–Trinajstić information content (AvgIpc) is 2.19. The first kappa shape index (κ1) is 9.88. The van der Waals surface area contributed by atoms with Crippen LogP contribution >= 0.6 is 11.6 Å². The summed E-state index contributed by atoms with van der Waals surface area (Å²) in [5.74, 6) is 1.19. The molecule has 1 aromatic rings. The maximum Gasteiger partial charge on any atom is 0.181 e. The summed E-state index contributed by atoms with van der Waals surface area (Å²) in [6.45, 7) is 1.70. The molecule has 0 fully saturated rings. The zero-order valence-corrected chi connectivity index (χ0v) is 8.08. The lowest BCUT2D eigenvalue weighted by molar-refractivity contribution is 0.276. The summed E-state index contributed by atoms with van der Waals surface area (Å²) in [7, 11) is 0. The van der Waals surface area contributed by atoms with Gasteiger partial charge in [-0.05, 0) is 24.6 Å². The number of hydrogen-bond acceptors (Lipinski definition) is 2. The van der Waals surface area contributed by atoms with Gasteiger partial charge in [0.1, 0.15) is 11.8 Å². The van der Waals surface area contributed by atoms with E-state index in [0.717, 1.165) is 5.56 Å². The fourth-order valence-corrected chi connectivity index (χ4v) is 1.07. The lowest BCUT2D eigenvalue weighted by Gasteiger charge is -2.07. The zero-order valence-electron chi connectivity index (χ0n) is 7.33. The van der Waals surface area contributed by atoms with Gasteiger partial charge in [0.05, 0.1) is 0 Å². The highest BCUT2D eigenvalue weighted by Gasteiger charge is 2.00. The highest BCUT2D eigenvalue weighted by Crippen LogP contribution is 2.14. The molecule has 0 saturated heterocycles. The van der Waals surface area contributed by atoms with Crippen LogP contribution in [0.2, 0.25) is 0 Å². The predicted molar refractivity (Wildman–Crippen MR) is 51.7 cm³/mol. The standard InChI is InChI=1S/C10H10ClNO/c1-8(7-12)13-10-4-2-9(6-11)3-5-10/h2-5,8H,6H2,1H3. The lowest BCUT2D eigenvalue weighted by Crippen LogP contribution is -2.07. The summed E-state index contributed by atoms with van der Waals surface area (Å²) in [6.07, 6.45) is -0.415. The smallest absolute Gasteiger partial charge is 0.181 e. The number of alkyl halides is 1. The van der Waals surface area contributed by atoms with Gasteiger partial charge < -0.3 is 4.74 Å². The number of nitrogens with zero attached hydrogens (tertiary/aromatic N) is 1. The number of halogens is 1. The quantitative estimate of drug-likeness (QED) is 0.695. The second-order valence-electron chi connectivity index (χ2n) is 2.67. The Morgan fingerprint density at radius 2 is 2.08 bits per heavy atom. The molecule has 0 N–H and O–H groups in total. The Morgan fingerprint density at radius 3 is 2.54 bits per heavy atom. The van der Waals surface area contributed by atoms with Crippen LogP contribution in [-0.2, 0) is 5.88 Å². The Kier molecular flexibility index (Phi) is 3.60. The summed E-state index contributed by atoms with van der Waals surface area (Å²) in [5.41, 5.74) is 1.04. The molecule has 0 aliphatic heterocycles. The first-order chi connectivity index (χ1) is 6.26. The van der Waals surface area contributed by atoms with E-state index in [1.165, 1.54) is 0 Å². The van der Waals surface area contributed by atoms with Crippen molar-refractivity contribution in [2.75, 3.05) is 0 Å². The second kappa shape index (κ2) is 4.74. The van der Waals surface area contributed by atoms with Crippen molar-refractivity contribution in [2.45, 2.75) is 18.9 Å². The number of benzene rings is 1. The molecule has 0 bridgehead atoms. The van der Waals surface area contributed by atoms with Gasteiger partial charge in [0.25, 0.3) is 0 Å². The Balaban J connectivity index is 2.65. The third kappa shape index (κ3) is 2.96. The van der Waals surface area contributed by atoms with Gasteiger partial charge in [-0.15, -0.1) is 11.6 Å². The van der Waals surface area contributed by atoms with Crippen molar-refractivity contribution in [1.82, 2.24) is 0 Å². The van der Waals surface area contributed by atoms with Crippen LogP contribution in [0.25, 0.3) is 0 Å². The van der Waals surface area contributed by atoms with Gasteiger partial charge in [-0.25, -0.2) is 0 Å². The Labute approximate surface area is 82.7 Å². The van der Waals surface area contributed by atoms with Crippen molar-refractivity contribution in [3.63, 3.8) is 0 Å². The zero-order chi connectivity index (χ0) is 9.68. The van der Waals surface area contributed by atoms with Gasteiger partial charge in [0.15, 0.2) is 6.10 Å². The van der Waals surface area contributed by atoms with E-state index in [1.54, 1.807) is 6.92 Å². The fraction of sp³-hybridized carbons (Fsp3) is 0.300. The van der Waals surface area contributed by atoms with E-state index in [1.807, 2.05) is 30.3 Å². The maximum atomic E-state index is 8.50. The van der Waals surface area contributed by atoms with Crippen molar-refractivity contribution < 1.29 is 4.74 Å². The van der Waals surface area contributed by atoms with Gasteiger partial charge in [-0.3, -0.25) is 0 Å². The van der Waals surface area contributed by atoms with Crippen LogP contribution in [0.15, 0.2) is 24.3 Å². The first-order valence-corrected chi connectivity index (χ1v) is 4.51. The molecule has 0 saturated carbocycles. The van der Waals surface area contributed by atoms with E-state index < -0.39 is 6.10 Å². The normalized spacial score (nSPS) is 11.8. The molecular formula is C10H10ClNO. The van der Waals surface area contributed by atoms with E-state index in [4.69, 9.17) is 21.6 Å². The summed E-state index contributed by atoms with van der Waals surface area (Å²) in [4.78, 5) is 0. The SMILES string of the molecule is CC(C#N)Oc1ccc(CCl)cc1. The lowest BCUT2D eigenvalue weighted by atomic mass is 10.2. The van der Waals surface area contributed by atoms with Crippen molar-refractivity contribution in [1.29, 1.82) is 5.26 Å². The molecule has 0 spiro atoms. The average molecular weight is 196 g/mol. The summed E-state index contributed by atoms with van der Waals surface area (Å²) < 4.78 is 5.26. The minimum Gasteiger partial charge on any atom is -0.476 e. The van der Waals surface area contributed by atoms with E-state index in [-0.39, 0.29) is 0 Å². The molecule has 0 aromatic heterocycles. The largest absolute Gasteiger partial charge is 0.476 e. The molecule has 3 heteroatoms. The molecule has 1 atom stereocenters. The molecule has 0 heterocycles.